The van der Waals surface area contributed by atoms with Gasteiger partial charge in [0.05, 0.1) is 18.7 Å². The second-order valence-corrected chi connectivity index (χ2v) is 7.12. The molecule has 0 saturated carbocycles. The van der Waals surface area contributed by atoms with Gasteiger partial charge in [0.2, 0.25) is 0 Å². The minimum absolute atomic E-state index is 0.0141. The number of benzene rings is 2. The van der Waals surface area contributed by atoms with Crippen LogP contribution in [0.3, 0.4) is 0 Å². The monoisotopic (exact) mass is 409 g/mol. The minimum Gasteiger partial charge on any atom is -0.445 e. The van der Waals surface area contributed by atoms with Crippen molar-refractivity contribution in [1.29, 1.82) is 0 Å². The van der Waals surface area contributed by atoms with E-state index in [1.54, 1.807) is 0 Å². The van der Waals surface area contributed by atoms with E-state index >= 15 is 0 Å². The normalized spacial score (nSPS) is 13.0. The molecule has 0 radical (unpaired) electrons. The smallest absolute Gasteiger partial charge is 0.410 e. The number of carbonyl (C=O) groups excluding carboxylic acids is 1. The maximum absolute atomic E-state index is 13.1. The molecule has 1 aliphatic rings. The van der Waals surface area contributed by atoms with Crippen LogP contribution in [0.25, 0.3) is 0 Å². The number of aromatic nitrogens is 2. The predicted molar refractivity (Wildman–Crippen MR) is 108 cm³/mol. The third-order valence-electron chi connectivity index (χ3n) is 5.07. The number of rotatable bonds is 4. The number of amides is 1. The van der Waals surface area contributed by atoms with Crippen molar-refractivity contribution in [3.8, 4) is 0 Å². The summed E-state index contributed by atoms with van der Waals surface area (Å²) in [7, 11) is 0. The number of aromatic amines is 1. The van der Waals surface area contributed by atoms with Crippen molar-refractivity contribution in [2.45, 2.75) is 26.1 Å². The summed E-state index contributed by atoms with van der Waals surface area (Å²) in [5, 5.41) is 0. The van der Waals surface area contributed by atoms with Gasteiger partial charge in [0.25, 0.3) is 5.56 Å². The molecule has 4 rings (SSSR count). The quantitative estimate of drug-likeness (QED) is 0.717. The third-order valence-corrected chi connectivity index (χ3v) is 5.07. The predicted octanol–water partition coefficient (Wildman–Crippen LogP) is 2.42. The van der Waals surface area contributed by atoms with Crippen LogP contribution in [0.5, 0.6) is 0 Å². The van der Waals surface area contributed by atoms with Crippen molar-refractivity contribution in [1.82, 2.24) is 14.5 Å². The van der Waals surface area contributed by atoms with Gasteiger partial charge in [-0.3, -0.25) is 9.36 Å². The van der Waals surface area contributed by atoms with E-state index in [-0.39, 0.29) is 19.7 Å². The molecule has 0 spiro atoms. The molecule has 0 unspecified atom stereocenters. The van der Waals surface area contributed by atoms with Crippen LogP contribution in [0, 0.1) is 5.82 Å². The van der Waals surface area contributed by atoms with E-state index in [1.807, 2.05) is 30.3 Å². The van der Waals surface area contributed by atoms with Gasteiger partial charge in [-0.2, -0.15) is 0 Å². The first kappa shape index (κ1) is 19.6. The maximum atomic E-state index is 13.1. The van der Waals surface area contributed by atoms with Crippen LogP contribution in [-0.2, 0) is 30.9 Å². The molecule has 2 heterocycles. The molecule has 3 aromatic rings. The average molecular weight is 409 g/mol. The molecule has 0 aliphatic carbocycles. The first-order chi connectivity index (χ1) is 14.5. The summed E-state index contributed by atoms with van der Waals surface area (Å²) in [6.07, 6.45) is -0.155. The molecule has 154 valence electrons. The summed E-state index contributed by atoms with van der Waals surface area (Å²) < 4.78 is 19.5. The van der Waals surface area contributed by atoms with Crippen LogP contribution in [0.15, 0.2) is 64.2 Å². The first-order valence-electron chi connectivity index (χ1n) is 9.56. The molecule has 2 aromatic carbocycles. The van der Waals surface area contributed by atoms with E-state index < -0.39 is 23.2 Å². The second kappa shape index (κ2) is 8.36. The summed E-state index contributed by atoms with van der Waals surface area (Å²) in [4.78, 5) is 42.0. The van der Waals surface area contributed by atoms with Crippen molar-refractivity contribution in [2.75, 3.05) is 6.54 Å². The highest BCUT2D eigenvalue weighted by molar-refractivity contribution is 5.68. The molecular weight excluding hydrogens is 389 g/mol. The summed E-state index contributed by atoms with van der Waals surface area (Å²) >= 11 is 0. The molecule has 7 nitrogen and oxygen atoms in total. The van der Waals surface area contributed by atoms with Crippen molar-refractivity contribution in [2.24, 2.45) is 0 Å². The van der Waals surface area contributed by atoms with Crippen LogP contribution in [-0.4, -0.2) is 27.1 Å². The summed E-state index contributed by atoms with van der Waals surface area (Å²) in [6, 6.07) is 14.9. The molecule has 8 heteroatoms. The molecule has 0 bridgehead atoms. The molecule has 0 saturated heterocycles. The Morgan fingerprint density at radius 2 is 1.77 bits per heavy atom. The van der Waals surface area contributed by atoms with E-state index in [0.29, 0.717) is 29.8 Å². The van der Waals surface area contributed by atoms with Crippen LogP contribution < -0.4 is 11.2 Å². The van der Waals surface area contributed by atoms with Gasteiger partial charge >= 0.3 is 11.8 Å². The standard InChI is InChI=1S/C22H20FN3O4/c23-17-8-6-15(7-9-17)12-26-20(27)18-13-25(11-10-19(18)24-21(26)28)22(29)30-14-16-4-2-1-3-5-16/h1-9H,10-14H2,(H,24,28). The highest BCUT2D eigenvalue weighted by atomic mass is 19.1. The molecule has 1 aromatic heterocycles. The Balaban J connectivity index is 1.52. The van der Waals surface area contributed by atoms with E-state index in [1.165, 1.54) is 29.2 Å². The van der Waals surface area contributed by atoms with Crippen LogP contribution in [0.1, 0.15) is 22.4 Å². The summed E-state index contributed by atoms with van der Waals surface area (Å²) in [5.74, 6) is -0.393. The number of halogens is 1. The van der Waals surface area contributed by atoms with E-state index in [0.717, 1.165) is 10.1 Å². The largest absolute Gasteiger partial charge is 0.445 e. The Bertz CT molecular complexity index is 1170. The molecule has 0 atom stereocenters. The zero-order valence-electron chi connectivity index (χ0n) is 16.1. The number of nitrogens with zero attached hydrogens (tertiary/aromatic N) is 2. The number of fused-ring (bicyclic) bond motifs is 1. The number of ether oxygens (including phenoxy) is 1. The van der Waals surface area contributed by atoms with E-state index in [2.05, 4.69) is 4.98 Å². The SMILES string of the molecule is O=C(OCc1ccccc1)N1CCc2[nH]c(=O)n(Cc3ccc(F)cc3)c(=O)c2C1. The Labute approximate surface area is 171 Å². The molecular formula is C22H20FN3O4. The number of nitrogens with one attached hydrogen (secondary N) is 1. The van der Waals surface area contributed by atoms with Crippen molar-refractivity contribution >= 4 is 6.09 Å². The number of hydrogen-bond donors (Lipinski definition) is 1. The van der Waals surface area contributed by atoms with Crippen LogP contribution >= 0.6 is 0 Å². The van der Waals surface area contributed by atoms with E-state index in [4.69, 9.17) is 4.74 Å². The van der Waals surface area contributed by atoms with Crippen molar-refractivity contribution in [3.05, 3.63) is 104 Å². The number of carbonyl (C=O) groups is 1. The zero-order chi connectivity index (χ0) is 21.1. The maximum Gasteiger partial charge on any atom is 0.410 e. The Hall–Kier alpha value is -3.68. The molecule has 1 aliphatic heterocycles. The van der Waals surface area contributed by atoms with Gasteiger partial charge in [0.1, 0.15) is 12.4 Å². The Morgan fingerprint density at radius 3 is 2.50 bits per heavy atom. The van der Waals surface area contributed by atoms with Gasteiger partial charge in [-0.05, 0) is 23.3 Å². The highest BCUT2D eigenvalue weighted by Gasteiger charge is 2.26. The van der Waals surface area contributed by atoms with Gasteiger partial charge < -0.3 is 14.6 Å². The fourth-order valence-electron chi connectivity index (χ4n) is 3.43. The third kappa shape index (κ3) is 4.17. The molecule has 30 heavy (non-hydrogen) atoms. The lowest BCUT2D eigenvalue weighted by molar-refractivity contribution is 0.0912. The Kier molecular flexibility index (Phi) is 5.47. The second-order valence-electron chi connectivity index (χ2n) is 7.12. The lowest BCUT2D eigenvalue weighted by Gasteiger charge is -2.27. The van der Waals surface area contributed by atoms with Crippen LogP contribution in [0.4, 0.5) is 9.18 Å². The number of H-pyrrole nitrogens is 1. The van der Waals surface area contributed by atoms with Gasteiger partial charge in [-0.15, -0.1) is 0 Å². The topological polar surface area (TPSA) is 84.4 Å². The van der Waals surface area contributed by atoms with Crippen molar-refractivity contribution in [3.63, 3.8) is 0 Å². The Morgan fingerprint density at radius 1 is 1.03 bits per heavy atom. The lowest BCUT2D eigenvalue weighted by Crippen LogP contribution is -2.45. The average Bonchev–Trinajstić information content (AvgIpc) is 2.77. The zero-order valence-corrected chi connectivity index (χ0v) is 16.1. The van der Waals surface area contributed by atoms with Crippen LogP contribution in [0.2, 0.25) is 0 Å². The summed E-state index contributed by atoms with van der Waals surface area (Å²) in [6.45, 7) is 0.559. The first-order valence-corrected chi connectivity index (χ1v) is 9.56. The number of hydrogen-bond acceptors (Lipinski definition) is 4. The van der Waals surface area contributed by atoms with Crippen molar-refractivity contribution < 1.29 is 13.9 Å². The molecule has 0 fully saturated rings. The van der Waals surface area contributed by atoms with Gasteiger partial charge in [-0.1, -0.05) is 42.5 Å². The van der Waals surface area contributed by atoms with Gasteiger partial charge in [0, 0.05) is 18.7 Å². The minimum atomic E-state index is -0.525. The fraction of sp³-hybridized carbons (Fsp3) is 0.227. The summed E-state index contributed by atoms with van der Waals surface area (Å²) in [5.41, 5.74) is 1.40. The highest BCUT2D eigenvalue weighted by Crippen LogP contribution is 2.15. The lowest BCUT2D eigenvalue weighted by atomic mass is 10.1. The fourth-order valence-corrected chi connectivity index (χ4v) is 3.43. The van der Waals surface area contributed by atoms with Gasteiger partial charge in [-0.25, -0.2) is 14.0 Å². The molecule has 1 N–H and O–H groups in total. The molecule has 1 amide bonds. The van der Waals surface area contributed by atoms with Gasteiger partial charge in [0.15, 0.2) is 0 Å². The van der Waals surface area contributed by atoms with E-state index in [9.17, 15) is 18.8 Å².